The second kappa shape index (κ2) is 12.2. The standard InChI is InChI=1S/C34H26N4O8S2/c1-19-15-23(35-37-32-28-6-4-3-5-21(28)7-14-30(32)39)8-11-26(19)27-12-9-24(16-20(27)2)36-38-33-31(48(44,45)46)18-22-17-25(47(41,42)43)10-13-29(22)34(33)40/h3-18,35-36H,1-2H3,(H,41,42,43)(H,44,45,46)/b37-32+,38-33+. The van der Waals surface area contributed by atoms with Crippen LogP contribution in [0.4, 0.5) is 11.4 Å². The van der Waals surface area contributed by atoms with E-state index in [9.17, 15) is 35.5 Å². The maximum Gasteiger partial charge on any atom is 0.296 e. The zero-order valence-corrected chi connectivity index (χ0v) is 26.9. The maximum absolute atomic E-state index is 13.2. The van der Waals surface area contributed by atoms with Crippen LogP contribution < -0.4 is 10.9 Å². The summed E-state index contributed by atoms with van der Waals surface area (Å²) in [5, 5.41) is 8.39. The van der Waals surface area contributed by atoms with Gasteiger partial charge >= 0.3 is 0 Å². The zero-order chi connectivity index (χ0) is 34.4. The summed E-state index contributed by atoms with van der Waals surface area (Å²) in [6, 6.07) is 21.5. The van der Waals surface area contributed by atoms with E-state index in [0.29, 0.717) is 17.1 Å². The number of hydrogen-bond donors (Lipinski definition) is 4. The predicted molar refractivity (Wildman–Crippen MR) is 183 cm³/mol. The van der Waals surface area contributed by atoms with Crippen molar-refractivity contribution in [3.8, 4) is 11.1 Å². The minimum atomic E-state index is -4.96. The molecule has 2 aliphatic rings. The van der Waals surface area contributed by atoms with Gasteiger partial charge in [0, 0.05) is 11.1 Å². The van der Waals surface area contributed by atoms with Crippen LogP contribution in [-0.4, -0.2) is 48.9 Å². The summed E-state index contributed by atoms with van der Waals surface area (Å²) in [6.07, 6.45) is 4.16. The van der Waals surface area contributed by atoms with Gasteiger partial charge in [0.2, 0.25) is 11.6 Å². The quantitative estimate of drug-likeness (QED) is 0.143. The molecule has 0 aliphatic heterocycles. The number of allylic oxidation sites excluding steroid dienone is 2. The van der Waals surface area contributed by atoms with Crippen molar-refractivity contribution in [2.45, 2.75) is 18.7 Å². The Morgan fingerprint density at radius 2 is 1.19 bits per heavy atom. The highest BCUT2D eigenvalue weighted by Crippen LogP contribution is 2.32. The van der Waals surface area contributed by atoms with Gasteiger partial charge in [-0.05, 0) is 102 Å². The number of hydrogen-bond acceptors (Lipinski definition) is 10. The number of rotatable bonds is 7. The van der Waals surface area contributed by atoms with Crippen molar-refractivity contribution in [2.75, 3.05) is 10.9 Å². The van der Waals surface area contributed by atoms with Crippen LogP contribution >= 0.6 is 0 Å². The second-order valence-corrected chi connectivity index (χ2v) is 13.8. The minimum Gasteiger partial charge on any atom is -0.287 e. The Hall–Kier alpha value is -5.54. The van der Waals surface area contributed by atoms with Crippen LogP contribution in [0.2, 0.25) is 0 Å². The molecule has 2 aliphatic carbocycles. The molecule has 12 nitrogen and oxygen atoms in total. The van der Waals surface area contributed by atoms with Gasteiger partial charge in [0.15, 0.2) is 5.71 Å². The lowest BCUT2D eigenvalue weighted by atomic mass is 9.95. The molecule has 4 N–H and O–H groups in total. The number of Topliss-reactive ketones (excluding diaryl/α,β-unsaturated/α-hetero) is 1. The SMILES string of the molecule is Cc1cc(N/N=C2/C(=O)c3ccc(S(=O)(=O)O)cc3C=C2S(=O)(=O)O)ccc1-c1ccc(N/N=C2/C(=O)C=Cc3ccccc32)cc1C. The highest BCUT2D eigenvalue weighted by Gasteiger charge is 2.33. The first kappa shape index (κ1) is 32.4. The van der Waals surface area contributed by atoms with Gasteiger partial charge in [-0.25, -0.2) is 0 Å². The van der Waals surface area contributed by atoms with Crippen molar-refractivity contribution in [3.05, 3.63) is 123 Å². The molecule has 4 aromatic rings. The number of hydrazone groups is 2. The average molecular weight is 683 g/mol. The Morgan fingerprint density at radius 1 is 0.604 bits per heavy atom. The summed E-state index contributed by atoms with van der Waals surface area (Å²) in [7, 11) is -9.60. The van der Waals surface area contributed by atoms with Gasteiger partial charge in [0.05, 0.1) is 16.3 Å². The normalized spacial score (nSPS) is 16.0. The summed E-state index contributed by atoms with van der Waals surface area (Å²) >= 11 is 0. The number of fused-ring (bicyclic) bond motifs is 2. The third-order valence-electron chi connectivity index (χ3n) is 7.78. The number of benzene rings is 4. The van der Waals surface area contributed by atoms with Gasteiger partial charge in [-0.15, -0.1) is 0 Å². The molecule has 0 aromatic heterocycles. The summed E-state index contributed by atoms with van der Waals surface area (Å²) in [5.74, 6) is -1.08. The Morgan fingerprint density at radius 3 is 1.77 bits per heavy atom. The first-order valence-corrected chi connectivity index (χ1v) is 17.2. The summed E-state index contributed by atoms with van der Waals surface area (Å²) in [6.45, 7) is 3.80. The largest absolute Gasteiger partial charge is 0.296 e. The molecule has 14 heteroatoms. The highest BCUT2D eigenvalue weighted by molar-refractivity contribution is 7.91. The first-order chi connectivity index (χ1) is 22.7. The monoisotopic (exact) mass is 682 g/mol. The predicted octanol–water partition coefficient (Wildman–Crippen LogP) is 5.52. The molecule has 0 saturated heterocycles. The van der Waals surface area contributed by atoms with Gasteiger partial charge in [-0.3, -0.25) is 29.5 Å². The number of anilines is 2. The molecular formula is C34H26N4O8S2. The van der Waals surface area contributed by atoms with Crippen LogP contribution in [0.25, 0.3) is 23.3 Å². The van der Waals surface area contributed by atoms with Crippen molar-refractivity contribution in [2.24, 2.45) is 10.2 Å². The van der Waals surface area contributed by atoms with Crippen molar-refractivity contribution >= 4 is 66.8 Å². The second-order valence-electron chi connectivity index (χ2n) is 11.0. The van der Waals surface area contributed by atoms with E-state index < -0.39 is 41.5 Å². The fraction of sp³-hybridized carbons (Fsp3) is 0.0588. The fourth-order valence-electron chi connectivity index (χ4n) is 5.44. The first-order valence-electron chi connectivity index (χ1n) is 14.3. The van der Waals surface area contributed by atoms with E-state index in [4.69, 9.17) is 0 Å². The van der Waals surface area contributed by atoms with Gasteiger partial charge in [-0.1, -0.05) is 42.5 Å². The van der Waals surface area contributed by atoms with E-state index in [2.05, 4.69) is 21.1 Å². The molecular weight excluding hydrogens is 657 g/mol. The molecule has 6 rings (SSSR count). The third-order valence-corrected chi connectivity index (χ3v) is 9.50. The van der Waals surface area contributed by atoms with E-state index in [-0.39, 0.29) is 16.9 Å². The van der Waals surface area contributed by atoms with Crippen molar-refractivity contribution < 1.29 is 35.5 Å². The lowest BCUT2D eigenvalue weighted by Gasteiger charge is -2.17. The fourth-order valence-corrected chi connectivity index (χ4v) is 6.62. The number of carbonyl (C=O) groups excluding carboxylic acids is 2. The lowest BCUT2D eigenvalue weighted by Crippen LogP contribution is -2.27. The number of aryl methyl sites for hydroxylation is 2. The Kier molecular flexibility index (Phi) is 8.26. The van der Waals surface area contributed by atoms with Crippen molar-refractivity contribution in [1.82, 2.24) is 0 Å². The summed E-state index contributed by atoms with van der Waals surface area (Å²) < 4.78 is 66.6. The topological polar surface area (TPSA) is 192 Å². The minimum absolute atomic E-state index is 0.0753. The van der Waals surface area contributed by atoms with E-state index in [1.165, 1.54) is 6.08 Å². The average Bonchev–Trinajstić information content (AvgIpc) is 3.03. The maximum atomic E-state index is 13.2. The molecule has 4 aromatic carbocycles. The summed E-state index contributed by atoms with van der Waals surface area (Å²) in [5.41, 5.74) is 11.5. The molecule has 0 atom stereocenters. The third kappa shape index (κ3) is 6.37. The Labute approximate surface area is 275 Å². The van der Waals surface area contributed by atoms with Gasteiger partial charge < -0.3 is 0 Å². The van der Waals surface area contributed by atoms with Crippen LogP contribution in [0.3, 0.4) is 0 Å². The van der Waals surface area contributed by atoms with E-state index in [0.717, 1.165) is 57.7 Å². The van der Waals surface area contributed by atoms with E-state index >= 15 is 0 Å². The van der Waals surface area contributed by atoms with Gasteiger partial charge in [0.25, 0.3) is 20.2 Å². The lowest BCUT2D eigenvalue weighted by molar-refractivity contribution is -0.108. The number of ketones is 2. The number of nitrogens with one attached hydrogen (secondary N) is 2. The van der Waals surface area contributed by atoms with Crippen LogP contribution in [-0.2, 0) is 25.0 Å². The van der Waals surface area contributed by atoms with Crippen LogP contribution in [0.1, 0.15) is 38.2 Å². The smallest absolute Gasteiger partial charge is 0.287 e. The molecule has 0 radical (unpaired) electrons. The van der Waals surface area contributed by atoms with Gasteiger partial charge in [-0.2, -0.15) is 27.0 Å². The number of carbonyl (C=O) groups is 2. The van der Waals surface area contributed by atoms with Gasteiger partial charge in [0.1, 0.15) is 10.6 Å². The molecule has 0 unspecified atom stereocenters. The highest BCUT2D eigenvalue weighted by atomic mass is 32.2. The Balaban J connectivity index is 1.24. The molecule has 0 spiro atoms. The molecule has 0 heterocycles. The van der Waals surface area contributed by atoms with Crippen LogP contribution in [0.5, 0.6) is 0 Å². The molecule has 0 bridgehead atoms. The number of nitrogens with zero attached hydrogens (tertiary/aromatic N) is 2. The molecule has 48 heavy (non-hydrogen) atoms. The van der Waals surface area contributed by atoms with Crippen LogP contribution in [0.15, 0.2) is 105 Å². The van der Waals surface area contributed by atoms with Crippen molar-refractivity contribution in [1.29, 1.82) is 0 Å². The zero-order valence-electron chi connectivity index (χ0n) is 25.3. The van der Waals surface area contributed by atoms with E-state index in [1.807, 2.05) is 62.4 Å². The van der Waals surface area contributed by atoms with E-state index in [1.54, 1.807) is 18.2 Å². The Bertz CT molecular complexity index is 2410. The molecule has 0 amide bonds. The molecule has 242 valence electrons. The summed E-state index contributed by atoms with van der Waals surface area (Å²) in [4.78, 5) is 24.3. The van der Waals surface area contributed by atoms with Crippen LogP contribution in [0, 0.1) is 13.8 Å². The molecule has 0 fully saturated rings. The van der Waals surface area contributed by atoms with Crippen molar-refractivity contribution in [3.63, 3.8) is 0 Å². The molecule has 0 saturated carbocycles.